The number of rotatable bonds is 4. The zero-order chi connectivity index (χ0) is 14.7. The Hall–Kier alpha value is -1.61. The minimum absolute atomic E-state index is 0.590. The lowest BCUT2D eigenvalue weighted by Gasteiger charge is -2.42. The molecule has 2 atom stereocenters. The molecule has 1 N–H and O–H groups in total. The van der Waals surface area contributed by atoms with Gasteiger partial charge < -0.3 is 10.2 Å². The highest BCUT2D eigenvalue weighted by molar-refractivity contribution is 5.82. The van der Waals surface area contributed by atoms with E-state index in [4.69, 9.17) is 0 Å². The van der Waals surface area contributed by atoms with Crippen molar-refractivity contribution >= 4 is 16.6 Å². The summed E-state index contributed by atoms with van der Waals surface area (Å²) in [6.07, 6.45) is 5.53. The fraction of sp³-hybridized carbons (Fsp3) is 0.500. The molecule has 0 aliphatic carbocycles. The molecule has 3 rings (SSSR count). The van der Waals surface area contributed by atoms with Crippen molar-refractivity contribution < 1.29 is 0 Å². The minimum Gasteiger partial charge on any atom is -0.366 e. The Balaban J connectivity index is 1.89. The van der Waals surface area contributed by atoms with Crippen molar-refractivity contribution in [2.45, 2.75) is 45.2 Å². The van der Waals surface area contributed by atoms with E-state index in [0.29, 0.717) is 12.1 Å². The lowest BCUT2D eigenvalue weighted by Crippen LogP contribution is -2.56. The number of piperazine rings is 1. The molecule has 1 aromatic heterocycles. The van der Waals surface area contributed by atoms with Gasteiger partial charge in [0.25, 0.3) is 0 Å². The SMILES string of the molecule is CCCC1CN(c2ccc3ncccc3c2)C(CC)CN1. The molecule has 112 valence electrons. The van der Waals surface area contributed by atoms with E-state index >= 15 is 0 Å². The maximum atomic E-state index is 4.42. The van der Waals surface area contributed by atoms with Crippen LogP contribution in [0.3, 0.4) is 0 Å². The molecule has 1 aliphatic heterocycles. The average Bonchev–Trinajstić information content (AvgIpc) is 2.54. The largest absolute Gasteiger partial charge is 0.366 e. The van der Waals surface area contributed by atoms with Gasteiger partial charge in [-0.15, -0.1) is 0 Å². The Morgan fingerprint density at radius 3 is 3.00 bits per heavy atom. The number of hydrogen-bond acceptors (Lipinski definition) is 3. The first-order valence-corrected chi connectivity index (χ1v) is 8.16. The van der Waals surface area contributed by atoms with Crippen LogP contribution in [0, 0.1) is 0 Å². The fourth-order valence-electron chi connectivity index (χ4n) is 3.33. The van der Waals surface area contributed by atoms with Crippen molar-refractivity contribution in [2.24, 2.45) is 0 Å². The molecule has 1 aliphatic rings. The summed E-state index contributed by atoms with van der Waals surface area (Å²) in [5.74, 6) is 0. The number of aromatic nitrogens is 1. The Morgan fingerprint density at radius 2 is 2.19 bits per heavy atom. The molecule has 0 amide bonds. The molecule has 1 aromatic carbocycles. The Bertz CT molecular complexity index is 596. The molecule has 1 saturated heterocycles. The van der Waals surface area contributed by atoms with Crippen LogP contribution in [0.15, 0.2) is 36.5 Å². The number of anilines is 1. The summed E-state index contributed by atoms with van der Waals surface area (Å²) in [7, 11) is 0. The Kier molecular flexibility index (Phi) is 4.39. The van der Waals surface area contributed by atoms with E-state index < -0.39 is 0 Å². The van der Waals surface area contributed by atoms with Gasteiger partial charge in [0, 0.05) is 42.4 Å². The van der Waals surface area contributed by atoms with Crippen LogP contribution in [0.4, 0.5) is 5.69 Å². The molecule has 0 bridgehead atoms. The summed E-state index contributed by atoms with van der Waals surface area (Å²) < 4.78 is 0. The molecule has 0 radical (unpaired) electrons. The number of nitrogens with zero attached hydrogens (tertiary/aromatic N) is 2. The number of hydrogen-bond donors (Lipinski definition) is 1. The highest BCUT2D eigenvalue weighted by Crippen LogP contribution is 2.25. The minimum atomic E-state index is 0.590. The van der Waals surface area contributed by atoms with Gasteiger partial charge in [-0.2, -0.15) is 0 Å². The topological polar surface area (TPSA) is 28.2 Å². The van der Waals surface area contributed by atoms with Gasteiger partial charge in [0.2, 0.25) is 0 Å². The highest BCUT2D eigenvalue weighted by Gasteiger charge is 2.26. The summed E-state index contributed by atoms with van der Waals surface area (Å²) in [6.45, 7) is 6.74. The summed E-state index contributed by atoms with van der Waals surface area (Å²) >= 11 is 0. The van der Waals surface area contributed by atoms with Gasteiger partial charge >= 0.3 is 0 Å². The van der Waals surface area contributed by atoms with Gasteiger partial charge in [0.1, 0.15) is 0 Å². The molecular formula is C18H25N3. The summed E-state index contributed by atoms with van der Waals surface area (Å²) in [4.78, 5) is 7.01. The van der Waals surface area contributed by atoms with E-state index in [-0.39, 0.29) is 0 Å². The van der Waals surface area contributed by atoms with Crippen molar-refractivity contribution in [3.63, 3.8) is 0 Å². The Labute approximate surface area is 127 Å². The zero-order valence-corrected chi connectivity index (χ0v) is 13.0. The van der Waals surface area contributed by atoms with E-state index in [0.717, 1.165) is 18.6 Å². The molecule has 0 spiro atoms. The third-order valence-corrected chi connectivity index (χ3v) is 4.53. The molecule has 2 aromatic rings. The number of benzene rings is 1. The number of nitrogens with one attached hydrogen (secondary N) is 1. The van der Waals surface area contributed by atoms with E-state index in [2.05, 4.69) is 53.3 Å². The third-order valence-electron chi connectivity index (χ3n) is 4.53. The van der Waals surface area contributed by atoms with Crippen LogP contribution in [-0.2, 0) is 0 Å². The highest BCUT2D eigenvalue weighted by atomic mass is 15.2. The van der Waals surface area contributed by atoms with E-state index in [1.54, 1.807) is 0 Å². The van der Waals surface area contributed by atoms with Gasteiger partial charge in [0.15, 0.2) is 0 Å². The second-order valence-electron chi connectivity index (χ2n) is 5.99. The van der Waals surface area contributed by atoms with Gasteiger partial charge in [-0.1, -0.05) is 26.3 Å². The van der Waals surface area contributed by atoms with Crippen LogP contribution in [-0.4, -0.2) is 30.2 Å². The van der Waals surface area contributed by atoms with Crippen LogP contribution >= 0.6 is 0 Å². The van der Waals surface area contributed by atoms with E-state index in [1.165, 1.54) is 30.3 Å². The number of pyridine rings is 1. The van der Waals surface area contributed by atoms with Crippen LogP contribution in [0.1, 0.15) is 33.1 Å². The van der Waals surface area contributed by atoms with Crippen molar-refractivity contribution in [2.75, 3.05) is 18.0 Å². The third kappa shape index (κ3) is 3.03. The summed E-state index contributed by atoms with van der Waals surface area (Å²) in [6, 6.07) is 12.0. The quantitative estimate of drug-likeness (QED) is 0.929. The summed E-state index contributed by atoms with van der Waals surface area (Å²) in [5.41, 5.74) is 2.42. The first-order valence-electron chi connectivity index (χ1n) is 8.16. The fourth-order valence-corrected chi connectivity index (χ4v) is 3.33. The van der Waals surface area contributed by atoms with Gasteiger partial charge in [-0.3, -0.25) is 4.98 Å². The molecule has 21 heavy (non-hydrogen) atoms. The second kappa shape index (κ2) is 6.44. The van der Waals surface area contributed by atoms with Crippen molar-refractivity contribution in [1.29, 1.82) is 0 Å². The van der Waals surface area contributed by atoms with Crippen molar-refractivity contribution in [3.05, 3.63) is 36.5 Å². The molecule has 2 heterocycles. The predicted molar refractivity (Wildman–Crippen MR) is 89.9 cm³/mol. The van der Waals surface area contributed by atoms with E-state index in [1.807, 2.05) is 12.3 Å². The lowest BCUT2D eigenvalue weighted by atomic mass is 10.0. The monoisotopic (exact) mass is 283 g/mol. The molecule has 3 nitrogen and oxygen atoms in total. The first-order chi connectivity index (χ1) is 10.3. The van der Waals surface area contributed by atoms with E-state index in [9.17, 15) is 0 Å². The van der Waals surface area contributed by atoms with Crippen molar-refractivity contribution in [1.82, 2.24) is 10.3 Å². The van der Waals surface area contributed by atoms with Crippen molar-refractivity contribution in [3.8, 4) is 0 Å². The first kappa shape index (κ1) is 14.3. The van der Waals surface area contributed by atoms with Crippen LogP contribution in [0.2, 0.25) is 0 Å². The maximum absolute atomic E-state index is 4.42. The molecule has 0 saturated carbocycles. The van der Waals surface area contributed by atoms with Gasteiger partial charge in [0.05, 0.1) is 5.52 Å². The lowest BCUT2D eigenvalue weighted by molar-refractivity contribution is 0.369. The normalized spacial score (nSPS) is 22.7. The number of fused-ring (bicyclic) bond motifs is 1. The molecular weight excluding hydrogens is 258 g/mol. The van der Waals surface area contributed by atoms with Crippen LogP contribution in [0.5, 0.6) is 0 Å². The van der Waals surface area contributed by atoms with Crippen LogP contribution in [0.25, 0.3) is 10.9 Å². The Morgan fingerprint density at radius 1 is 1.29 bits per heavy atom. The van der Waals surface area contributed by atoms with Gasteiger partial charge in [-0.25, -0.2) is 0 Å². The summed E-state index contributed by atoms with van der Waals surface area (Å²) in [5, 5.41) is 4.94. The second-order valence-corrected chi connectivity index (χ2v) is 5.99. The van der Waals surface area contributed by atoms with Gasteiger partial charge in [-0.05, 0) is 37.1 Å². The smallest absolute Gasteiger partial charge is 0.0703 e. The standard InChI is InChI=1S/C18H25N3/c1-3-6-15-13-21(16(4-2)12-20-15)17-8-9-18-14(11-17)7-5-10-19-18/h5,7-11,15-16,20H,3-4,6,12-13H2,1-2H3. The zero-order valence-electron chi connectivity index (χ0n) is 13.0. The molecule has 1 fully saturated rings. The maximum Gasteiger partial charge on any atom is 0.0703 e. The molecule has 3 heteroatoms. The average molecular weight is 283 g/mol. The van der Waals surface area contributed by atoms with Crippen LogP contribution < -0.4 is 10.2 Å². The molecule has 2 unspecified atom stereocenters. The predicted octanol–water partition coefficient (Wildman–Crippen LogP) is 3.59.